The van der Waals surface area contributed by atoms with Crippen LogP contribution in [0.5, 0.6) is 0 Å². The van der Waals surface area contributed by atoms with Crippen molar-refractivity contribution < 1.29 is 19.4 Å². The van der Waals surface area contributed by atoms with E-state index in [0.717, 1.165) is 12.8 Å². The van der Waals surface area contributed by atoms with Crippen molar-refractivity contribution in [3.63, 3.8) is 0 Å². The van der Waals surface area contributed by atoms with Gasteiger partial charge in [-0.15, -0.1) is 0 Å². The molecule has 2 rings (SSSR count). The van der Waals surface area contributed by atoms with E-state index in [4.69, 9.17) is 9.84 Å². The summed E-state index contributed by atoms with van der Waals surface area (Å²) in [6.45, 7) is 7.18. The SMILES string of the molecule is CC1CN(C(=O)N(CC(=O)O)CC2CC2)CC(C)(C)O1. The molecule has 2 fully saturated rings. The number of morpholine rings is 1. The molecule has 1 aliphatic heterocycles. The van der Waals surface area contributed by atoms with E-state index in [1.165, 1.54) is 4.90 Å². The molecule has 1 N–H and O–H groups in total. The van der Waals surface area contributed by atoms with Gasteiger partial charge in [0.1, 0.15) is 6.54 Å². The summed E-state index contributed by atoms with van der Waals surface area (Å²) < 4.78 is 5.78. The Bertz CT molecular complexity index is 393. The van der Waals surface area contributed by atoms with Crippen molar-refractivity contribution in [2.45, 2.75) is 45.3 Å². The van der Waals surface area contributed by atoms with Crippen LogP contribution in [0.15, 0.2) is 0 Å². The molecule has 1 unspecified atom stereocenters. The molecule has 2 amide bonds. The van der Waals surface area contributed by atoms with Gasteiger partial charge in [0.15, 0.2) is 0 Å². The second-order valence-corrected chi connectivity index (χ2v) is 6.57. The Hall–Kier alpha value is -1.30. The molecule has 114 valence electrons. The Morgan fingerprint density at radius 2 is 2.05 bits per heavy atom. The molecular formula is C14H24N2O4. The fraction of sp³-hybridized carbons (Fsp3) is 0.857. The Kier molecular flexibility index (Phi) is 4.22. The Morgan fingerprint density at radius 3 is 2.55 bits per heavy atom. The van der Waals surface area contributed by atoms with Gasteiger partial charge < -0.3 is 19.6 Å². The summed E-state index contributed by atoms with van der Waals surface area (Å²) in [6, 6.07) is -0.178. The zero-order chi connectivity index (χ0) is 14.9. The van der Waals surface area contributed by atoms with Crippen LogP contribution in [-0.4, -0.2) is 64.8 Å². The zero-order valence-corrected chi connectivity index (χ0v) is 12.5. The maximum absolute atomic E-state index is 12.6. The van der Waals surface area contributed by atoms with Crippen molar-refractivity contribution in [2.24, 2.45) is 5.92 Å². The molecule has 0 aromatic carbocycles. The fourth-order valence-electron chi connectivity index (χ4n) is 2.79. The maximum Gasteiger partial charge on any atom is 0.323 e. The highest BCUT2D eigenvalue weighted by molar-refractivity contribution is 5.80. The Balaban J connectivity index is 2.03. The van der Waals surface area contributed by atoms with Gasteiger partial charge in [-0.3, -0.25) is 4.79 Å². The van der Waals surface area contributed by atoms with Crippen molar-refractivity contribution in [3.05, 3.63) is 0 Å². The smallest absolute Gasteiger partial charge is 0.323 e. The van der Waals surface area contributed by atoms with Gasteiger partial charge >= 0.3 is 12.0 Å². The van der Waals surface area contributed by atoms with Gasteiger partial charge in [-0.05, 0) is 39.5 Å². The number of amides is 2. The van der Waals surface area contributed by atoms with Crippen molar-refractivity contribution >= 4 is 12.0 Å². The molecule has 1 heterocycles. The molecule has 6 nitrogen and oxygen atoms in total. The number of aliphatic carboxylic acids is 1. The highest BCUT2D eigenvalue weighted by Crippen LogP contribution is 2.30. The summed E-state index contributed by atoms with van der Waals surface area (Å²) in [4.78, 5) is 26.7. The van der Waals surface area contributed by atoms with Crippen LogP contribution in [0.3, 0.4) is 0 Å². The van der Waals surface area contributed by atoms with Crippen molar-refractivity contribution in [3.8, 4) is 0 Å². The van der Waals surface area contributed by atoms with E-state index >= 15 is 0 Å². The summed E-state index contributed by atoms with van der Waals surface area (Å²) in [5, 5.41) is 8.98. The van der Waals surface area contributed by atoms with E-state index in [1.807, 2.05) is 20.8 Å². The minimum absolute atomic E-state index is 0.0321. The third kappa shape index (κ3) is 4.10. The number of carbonyl (C=O) groups is 2. The molecule has 1 saturated carbocycles. The number of nitrogens with zero attached hydrogens (tertiary/aromatic N) is 2. The quantitative estimate of drug-likeness (QED) is 0.847. The average Bonchev–Trinajstić information content (AvgIpc) is 3.07. The summed E-state index contributed by atoms with van der Waals surface area (Å²) >= 11 is 0. The first-order valence-corrected chi connectivity index (χ1v) is 7.20. The van der Waals surface area contributed by atoms with Crippen LogP contribution in [0.4, 0.5) is 4.79 Å². The number of rotatable bonds is 4. The van der Waals surface area contributed by atoms with Crippen LogP contribution in [0.1, 0.15) is 33.6 Å². The maximum atomic E-state index is 12.6. The molecule has 1 atom stereocenters. The molecular weight excluding hydrogens is 260 g/mol. The van der Waals surface area contributed by atoms with Crippen LogP contribution in [0, 0.1) is 5.92 Å². The molecule has 0 aromatic rings. The average molecular weight is 284 g/mol. The fourth-order valence-corrected chi connectivity index (χ4v) is 2.79. The largest absolute Gasteiger partial charge is 0.480 e. The van der Waals surface area contributed by atoms with Gasteiger partial charge in [0, 0.05) is 13.1 Å². The van der Waals surface area contributed by atoms with E-state index in [-0.39, 0.29) is 24.3 Å². The lowest BCUT2D eigenvalue weighted by atomic mass is 10.1. The van der Waals surface area contributed by atoms with Crippen LogP contribution < -0.4 is 0 Å². The third-order valence-corrected chi connectivity index (χ3v) is 3.61. The topological polar surface area (TPSA) is 70.1 Å². The monoisotopic (exact) mass is 284 g/mol. The van der Waals surface area contributed by atoms with Gasteiger partial charge in [-0.2, -0.15) is 0 Å². The molecule has 0 aromatic heterocycles. The van der Waals surface area contributed by atoms with E-state index in [1.54, 1.807) is 4.90 Å². The Labute approximate surface area is 119 Å². The van der Waals surface area contributed by atoms with Crippen LogP contribution in [0.2, 0.25) is 0 Å². The summed E-state index contributed by atoms with van der Waals surface area (Å²) in [5.41, 5.74) is -0.387. The van der Waals surface area contributed by atoms with Gasteiger partial charge in [0.25, 0.3) is 0 Å². The second-order valence-electron chi connectivity index (χ2n) is 6.57. The highest BCUT2D eigenvalue weighted by Gasteiger charge is 2.37. The molecule has 6 heteroatoms. The van der Waals surface area contributed by atoms with E-state index in [2.05, 4.69) is 0 Å². The zero-order valence-electron chi connectivity index (χ0n) is 12.5. The first-order chi connectivity index (χ1) is 9.27. The number of hydrogen-bond donors (Lipinski definition) is 1. The lowest BCUT2D eigenvalue weighted by Gasteiger charge is -2.43. The van der Waals surface area contributed by atoms with Gasteiger partial charge in [0.05, 0.1) is 18.2 Å². The third-order valence-electron chi connectivity index (χ3n) is 3.61. The summed E-state index contributed by atoms with van der Waals surface area (Å²) in [6.07, 6.45) is 2.15. The molecule has 0 bridgehead atoms. The number of carboxylic acids is 1. The van der Waals surface area contributed by atoms with Crippen LogP contribution in [-0.2, 0) is 9.53 Å². The van der Waals surface area contributed by atoms with E-state index < -0.39 is 5.97 Å². The second kappa shape index (κ2) is 5.60. The lowest BCUT2D eigenvalue weighted by Crippen LogP contribution is -2.57. The van der Waals surface area contributed by atoms with Gasteiger partial charge in [0.2, 0.25) is 0 Å². The number of hydrogen-bond acceptors (Lipinski definition) is 3. The molecule has 20 heavy (non-hydrogen) atoms. The standard InChI is InChI=1S/C14H24N2O4/c1-10-6-16(9-14(2,3)20-10)13(19)15(8-12(17)18)7-11-4-5-11/h10-11H,4-9H2,1-3H3,(H,17,18). The summed E-state index contributed by atoms with van der Waals surface area (Å²) in [5.74, 6) is -0.482. The molecule has 0 spiro atoms. The van der Waals surface area contributed by atoms with Crippen LogP contribution >= 0.6 is 0 Å². The van der Waals surface area contributed by atoms with Gasteiger partial charge in [-0.25, -0.2) is 4.79 Å². The molecule has 1 saturated heterocycles. The van der Waals surface area contributed by atoms with Gasteiger partial charge in [-0.1, -0.05) is 0 Å². The normalized spacial score (nSPS) is 25.4. The molecule has 1 aliphatic carbocycles. The van der Waals surface area contributed by atoms with E-state index in [0.29, 0.717) is 25.6 Å². The number of carboxylic acid groups (broad SMARTS) is 1. The molecule has 2 aliphatic rings. The van der Waals surface area contributed by atoms with Crippen molar-refractivity contribution in [1.82, 2.24) is 9.80 Å². The number of ether oxygens (including phenoxy) is 1. The first-order valence-electron chi connectivity index (χ1n) is 7.20. The molecule has 0 radical (unpaired) electrons. The number of carbonyl (C=O) groups excluding carboxylic acids is 1. The Morgan fingerprint density at radius 1 is 1.40 bits per heavy atom. The van der Waals surface area contributed by atoms with Crippen molar-refractivity contribution in [2.75, 3.05) is 26.2 Å². The first kappa shape index (κ1) is 15.1. The minimum Gasteiger partial charge on any atom is -0.480 e. The summed E-state index contributed by atoms with van der Waals surface area (Å²) in [7, 11) is 0. The van der Waals surface area contributed by atoms with E-state index in [9.17, 15) is 9.59 Å². The van der Waals surface area contributed by atoms with Crippen molar-refractivity contribution in [1.29, 1.82) is 0 Å². The predicted octanol–water partition coefficient (Wildman–Crippen LogP) is 1.40. The van der Waals surface area contributed by atoms with Crippen LogP contribution in [0.25, 0.3) is 0 Å². The minimum atomic E-state index is -0.959. The number of urea groups is 1. The predicted molar refractivity (Wildman–Crippen MR) is 73.5 cm³/mol. The highest BCUT2D eigenvalue weighted by atomic mass is 16.5. The lowest BCUT2D eigenvalue weighted by molar-refractivity contribution is -0.138.